The van der Waals surface area contributed by atoms with Crippen molar-refractivity contribution >= 4 is 24.4 Å². The van der Waals surface area contributed by atoms with Gasteiger partial charge in [0.25, 0.3) is 0 Å². The zero-order chi connectivity index (χ0) is 22.3. The second-order valence-electron chi connectivity index (χ2n) is 9.45. The molecule has 1 N–H and O–H groups in total. The molecular weight excluding hydrogens is 383 g/mol. The van der Waals surface area contributed by atoms with Gasteiger partial charge in [-0.25, -0.2) is 14.5 Å². The van der Waals surface area contributed by atoms with Gasteiger partial charge < -0.3 is 14.0 Å². The highest BCUT2D eigenvalue weighted by Gasteiger charge is 2.52. The van der Waals surface area contributed by atoms with Gasteiger partial charge >= 0.3 is 13.2 Å². The molecule has 0 saturated carbocycles. The van der Waals surface area contributed by atoms with E-state index < -0.39 is 30.0 Å². The predicted octanol–water partition coefficient (Wildman–Crippen LogP) is 3.48. The van der Waals surface area contributed by atoms with E-state index in [0.29, 0.717) is 11.5 Å². The summed E-state index contributed by atoms with van der Waals surface area (Å²) in [5.74, 6) is 0.627. The number of hydrogen-bond donors (Lipinski definition) is 1. The van der Waals surface area contributed by atoms with Crippen molar-refractivity contribution in [1.82, 2.24) is 14.8 Å². The lowest BCUT2D eigenvalue weighted by Gasteiger charge is -2.32. The molecule has 0 bridgehead atoms. The van der Waals surface area contributed by atoms with Gasteiger partial charge in [-0.15, -0.1) is 0 Å². The molecule has 0 aromatic carbocycles. The molecule has 1 amide bonds. The van der Waals surface area contributed by atoms with Crippen LogP contribution in [0.15, 0.2) is 24.5 Å². The molecule has 2 aromatic heterocycles. The minimum absolute atomic E-state index is 0.419. The number of pyridine rings is 1. The highest BCUT2D eigenvalue weighted by Crippen LogP contribution is 2.36. The maximum Gasteiger partial charge on any atom is 0.498 e. The van der Waals surface area contributed by atoms with Crippen LogP contribution in [0.3, 0.4) is 0 Å². The molecule has 1 aliphatic rings. The van der Waals surface area contributed by atoms with Crippen LogP contribution in [0.5, 0.6) is 0 Å². The van der Waals surface area contributed by atoms with Crippen LogP contribution in [0.25, 0.3) is 5.82 Å². The van der Waals surface area contributed by atoms with Crippen molar-refractivity contribution in [2.45, 2.75) is 78.6 Å². The number of rotatable bonds is 4. The predicted molar refractivity (Wildman–Crippen MR) is 116 cm³/mol. The molecule has 0 radical (unpaired) electrons. The smallest absolute Gasteiger partial charge is 0.444 e. The molecule has 1 saturated heterocycles. The van der Waals surface area contributed by atoms with Crippen molar-refractivity contribution in [1.29, 1.82) is 0 Å². The van der Waals surface area contributed by atoms with Gasteiger partial charge in [0, 0.05) is 11.7 Å². The molecular formula is C21H31BN4O4. The Bertz CT molecular complexity index is 900. The van der Waals surface area contributed by atoms with Crippen LogP contribution in [0, 0.1) is 0 Å². The summed E-state index contributed by atoms with van der Waals surface area (Å²) in [7, 11) is -0.480. The van der Waals surface area contributed by atoms with Crippen molar-refractivity contribution < 1.29 is 18.8 Å². The summed E-state index contributed by atoms with van der Waals surface area (Å²) in [5, 5.41) is 7.33. The highest BCUT2D eigenvalue weighted by molar-refractivity contribution is 6.62. The third-order valence-corrected chi connectivity index (χ3v) is 5.29. The van der Waals surface area contributed by atoms with Crippen LogP contribution in [0.4, 0.5) is 10.5 Å². The molecule has 9 heteroatoms. The van der Waals surface area contributed by atoms with E-state index in [9.17, 15) is 4.79 Å². The van der Waals surface area contributed by atoms with E-state index in [2.05, 4.69) is 15.4 Å². The summed E-state index contributed by atoms with van der Waals surface area (Å²) >= 11 is 0. The second kappa shape index (κ2) is 7.70. The van der Waals surface area contributed by atoms with Crippen LogP contribution in [0.2, 0.25) is 0 Å². The van der Waals surface area contributed by atoms with Crippen LogP contribution in [0.1, 0.15) is 61.1 Å². The number of aromatic nitrogens is 3. The Labute approximate surface area is 178 Å². The second-order valence-corrected chi connectivity index (χ2v) is 9.45. The molecule has 3 rings (SSSR count). The van der Waals surface area contributed by atoms with Crippen molar-refractivity contribution in [3.63, 3.8) is 0 Å². The van der Waals surface area contributed by atoms with E-state index in [0.717, 1.165) is 17.6 Å². The Kier molecular flexibility index (Phi) is 5.73. The Morgan fingerprint density at radius 3 is 2.33 bits per heavy atom. The maximum absolute atomic E-state index is 11.9. The van der Waals surface area contributed by atoms with Gasteiger partial charge in [-0.05, 0) is 67.0 Å². The standard InChI is InChI=1S/C21H31BN4O4/c1-9-16-15(22-29-20(5,6)21(7,8)30-22)13-26(25-16)17-11-10-14(12-23-17)24-18(27)28-19(2,3)4/h10-13H,9H2,1-8H3,(H,24,27). The van der Waals surface area contributed by atoms with Gasteiger partial charge in [0.2, 0.25) is 0 Å². The third-order valence-electron chi connectivity index (χ3n) is 5.29. The highest BCUT2D eigenvalue weighted by atomic mass is 16.7. The van der Waals surface area contributed by atoms with Gasteiger partial charge in [0.15, 0.2) is 5.82 Å². The number of carbonyl (C=O) groups is 1. The first-order chi connectivity index (χ1) is 13.8. The van der Waals surface area contributed by atoms with Crippen molar-refractivity contribution in [3.05, 3.63) is 30.2 Å². The zero-order valence-corrected chi connectivity index (χ0v) is 19.1. The van der Waals surface area contributed by atoms with Crippen LogP contribution < -0.4 is 10.8 Å². The van der Waals surface area contributed by atoms with Gasteiger partial charge in [-0.2, -0.15) is 5.10 Å². The van der Waals surface area contributed by atoms with E-state index in [4.69, 9.17) is 14.0 Å². The molecule has 0 aliphatic carbocycles. The Hall–Kier alpha value is -2.39. The van der Waals surface area contributed by atoms with E-state index >= 15 is 0 Å². The Balaban J connectivity index is 1.78. The monoisotopic (exact) mass is 414 g/mol. The summed E-state index contributed by atoms with van der Waals surface area (Å²) < 4.78 is 19.3. The quantitative estimate of drug-likeness (QED) is 0.771. The minimum Gasteiger partial charge on any atom is -0.444 e. The number of hydrogen-bond acceptors (Lipinski definition) is 6. The van der Waals surface area contributed by atoms with Crippen molar-refractivity contribution in [2.75, 3.05) is 5.32 Å². The fourth-order valence-corrected chi connectivity index (χ4v) is 3.00. The van der Waals surface area contributed by atoms with Crippen LogP contribution in [-0.4, -0.2) is 44.8 Å². The fraction of sp³-hybridized carbons (Fsp3) is 0.571. The summed E-state index contributed by atoms with van der Waals surface area (Å²) in [5.41, 5.74) is 0.936. The first-order valence-corrected chi connectivity index (χ1v) is 10.2. The van der Waals surface area contributed by atoms with Crippen molar-refractivity contribution in [2.24, 2.45) is 0 Å². The summed E-state index contributed by atoms with van der Waals surface area (Å²) in [6, 6.07) is 3.54. The van der Waals surface area contributed by atoms with Gasteiger partial charge in [-0.1, -0.05) is 6.92 Å². The Morgan fingerprint density at radius 1 is 1.20 bits per heavy atom. The molecule has 0 unspecified atom stereocenters. The number of carbonyl (C=O) groups excluding carboxylic acids is 1. The van der Waals surface area contributed by atoms with E-state index in [1.54, 1.807) is 23.0 Å². The third kappa shape index (κ3) is 4.68. The minimum atomic E-state index is -0.563. The molecule has 3 heterocycles. The molecule has 162 valence electrons. The average Bonchev–Trinajstić information content (AvgIpc) is 3.12. The lowest BCUT2D eigenvalue weighted by molar-refractivity contribution is 0.00578. The number of nitrogens with zero attached hydrogens (tertiary/aromatic N) is 3. The fourth-order valence-electron chi connectivity index (χ4n) is 3.00. The van der Waals surface area contributed by atoms with Crippen LogP contribution >= 0.6 is 0 Å². The van der Waals surface area contributed by atoms with Crippen molar-refractivity contribution in [3.8, 4) is 5.82 Å². The number of ether oxygens (including phenoxy) is 1. The molecule has 0 atom stereocenters. The summed E-state index contributed by atoms with van der Waals surface area (Å²) in [6.45, 7) is 15.6. The normalized spacial score (nSPS) is 17.8. The topological polar surface area (TPSA) is 87.5 Å². The number of aryl methyl sites for hydroxylation is 1. The number of amides is 1. The van der Waals surface area contributed by atoms with E-state index in [1.165, 1.54) is 0 Å². The molecule has 30 heavy (non-hydrogen) atoms. The average molecular weight is 414 g/mol. The number of nitrogens with one attached hydrogen (secondary N) is 1. The summed E-state index contributed by atoms with van der Waals surface area (Å²) in [6.07, 6.45) is 3.68. The molecule has 1 aliphatic heterocycles. The van der Waals surface area contributed by atoms with Gasteiger partial charge in [0.05, 0.1) is 28.8 Å². The zero-order valence-electron chi connectivity index (χ0n) is 19.1. The SMILES string of the molecule is CCc1nn(-c2ccc(NC(=O)OC(C)(C)C)cn2)cc1B1OC(C)(C)C(C)(C)O1. The first-order valence-electron chi connectivity index (χ1n) is 10.2. The lowest BCUT2D eigenvalue weighted by Crippen LogP contribution is -2.41. The Morgan fingerprint density at radius 2 is 1.83 bits per heavy atom. The van der Waals surface area contributed by atoms with Gasteiger partial charge in [0.1, 0.15) is 5.60 Å². The van der Waals surface area contributed by atoms with E-state index in [1.807, 2.05) is 61.6 Å². The lowest BCUT2D eigenvalue weighted by atomic mass is 9.79. The number of anilines is 1. The molecule has 8 nitrogen and oxygen atoms in total. The van der Waals surface area contributed by atoms with Gasteiger partial charge in [-0.3, -0.25) is 5.32 Å². The molecule has 0 spiro atoms. The first kappa shape index (κ1) is 22.3. The maximum atomic E-state index is 11.9. The molecule has 1 fully saturated rings. The van der Waals surface area contributed by atoms with Crippen LogP contribution in [-0.2, 0) is 20.5 Å². The largest absolute Gasteiger partial charge is 0.498 e. The molecule has 2 aromatic rings. The van der Waals surface area contributed by atoms with E-state index in [-0.39, 0.29) is 0 Å². The summed E-state index contributed by atoms with van der Waals surface area (Å²) in [4.78, 5) is 16.3.